The summed E-state index contributed by atoms with van der Waals surface area (Å²) in [5.74, 6) is -0.470. The number of carbonyl (C=O) groups excluding carboxylic acids is 1. The van der Waals surface area contributed by atoms with Crippen LogP contribution in [0, 0.1) is 5.92 Å². The minimum absolute atomic E-state index is 0.00552. The highest BCUT2D eigenvalue weighted by atomic mass is 16.4. The molecule has 2 atom stereocenters. The molecule has 0 aromatic heterocycles. The second kappa shape index (κ2) is 4.93. The monoisotopic (exact) mass is 280 g/mol. The lowest BCUT2D eigenvalue weighted by molar-refractivity contribution is -0.138. The third-order valence-electron chi connectivity index (χ3n) is 5.39. The molecule has 5 nitrogen and oxygen atoms in total. The zero-order valence-electron chi connectivity index (χ0n) is 12.1. The lowest BCUT2D eigenvalue weighted by Crippen LogP contribution is -2.58. The number of piperidine rings is 1. The van der Waals surface area contributed by atoms with Gasteiger partial charge in [-0.3, -0.25) is 4.79 Å². The van der Waals surface area contributed by atoms with Gasteiger partial charge in [-0.1, -0.05) is 0 Å². The molecule has 112 valence electrons. The number of hydrogen-bond acceptors (Lipinski definition) is 2. The minimum atomic E-state index is -0.714. The van der Waals surface area contributed by atoms with Crippen molar-refractivity contribution in [1.82, 2.24) is 10.2 Å². The maximum Gasteiger partial charge on any atom is 0.318 e. The van der Waals surface area contributed by atoms with Crippen LogP contribution in [0.5, 0.6) is 0 Å². The molecule has 2 unspecified atom stereocenters. The van der Waals surface area contributed by atoms with Crippen LogP contribution in [-0.2, 0) is 4.79 Å². The molecule has 0 spiro atoms. The number of fused-ring (bicyclic) bond motifs is 2. The number of carbonyl (C=O) groups is 2. The maximum atomic E-state index is 12.5. The lowest BCUT2D eigenvalue weighted by Gasteiger charge is -2.44. The van der Waals surface area contributed by atoms with E-state index in [1.54, 1.807) is 0 Å². The van der Waals surface area contributed by atoms with Crippen LogP contribution < -0.4 is 5.32 Å². The molecule has 5 heteroatoms. The van der Waals surface area contributed by atoms with Crippen molar-refractivity contribution < 1.29 is 14.7 Å². The van der Waals surface area contributed by atoms with Crippen LogP contribution in [0.1, 0.15) is 58.3 Å². The Labute approximate surface area is 119 Å². The molecule has 3 fully saturated rings. The quantitative estimate of drug-likeness (QED) is 0.833. The molecule has 0 radical (unpaired) electrons. The maximum absolute atomic E-state index is 12.5. The Hall–Kier alpha value is -1.26. The van der Waals surface area contributed by atoms with E-state index in [9.17, 15) is 9.59 Å². The first kappa shape index (κ1) is 13.7. The van der Waals surface area contributed by atoms with Gasteiger partial charge in [-0.25, -0.2) is 4.79 Å². The molecule has 2 saturated heterocycles. The third-order valence-corrected chi connectivity index (χ3v) is 5.39. The number of rotatable bonds is 3. The summed E-state index contributed by atoms with van der Waals surface area (Å²) in [5.41, 5.74) is -0.00552. The molecule has 2 heterocycles. The van der Waals surface area contributed by atoms with E-state index in [2.05, 4.69) is 12.2 Å². The van der Waals surface area contributed by atoms with E-state index in [-0.39, 0.29) is 36.0 Å². The van der Waals surface area contributed by atoms with Gasteiger partial charge in [-0.05, 0) is 57.8 Å². The van der Waals surface area contributed by atoms with Gasteiger partial charge in [0, 0.05) is 24.0 Å². The molecule has 2 aliphatic heterocycles. The Morgan fingerprint density at radius 3 is 2.30 bits per heavy atom. The summed E-state index contributed by atoms with van der Waals surface area (Å²) in [6, 6.07) is 0.581. The van der Waals surface area contributed by atoms with Crippen molar-refractivity contribution in [2.45, 2.75) is 75.9 Å². The van der Waals surface area contributed by atoms with E-state index < -0.39 is 5.97 Å². The second-order valence-corrected chi connectivity index (χ2v) is 7.07. The van der Waals surface area contributed by atoms with Crippen LogP contribution in [0.25, 0.3) is 0 Å². The molecular formula is C15H24N2O3. The Morgan fingerprint density at radius 2 is 1.85 bits per heavy atom. The van der Waals surface area contributed by atoms with Crippen molar-refractivity contribution in [2.24, 2.45) is 5.92 Å². The summed E-state index contributed by atoms with van der Waals surface area (Å²) in [6.07, 6.45) is 7.37. The van der Waals surface area contributed by atoms with Crippen molar-refractivity contribution in [3.05, 3.63) is 0 Å². The molecule has 20 heavy (non-hydrogen) atoms. The van der Waals surface area contributed by atoms with E-state index in [0.29, 0.717) is 0 Å². The topological polar surface area (TPSA) is 69.6 Å². The number of urea groups is 1. The lowest BCUT2D eigenvalue weighted by atomic mass is 9.78. The van der Waals surface area contributed by atoms with Gasteiger partial charge < -0.3 is 15.3 Å². The van der Waals surface area contributed by atoms with Crippen molar-refractivity contribution >= 4 is 12.0 Å². The summed E-state index contributed by atoms with van der Waals surface area (Å²) in [7, 11) is 0. The van der Waals surface area contributed by atoms with Crippen LogP contribution in [0.15, 0.2) is 0 Å². The predicted molar refractivity (Wildman–Crippen MR) is 74.4 cm³/mol. The van der Waals surface area contributed by atoms with E-state index in [1.165, 1.54) is 6.42 Å². The number of carboxylic acids is 1. The average molecular weight is 280 g/mol. The van der Waals surface area contributed by atoms with E-state index in [4.69, 9.17) is 5.11 Å². The molecule has 2 N–H and O–H groups in total. The third kappa shape index (κ3) is 2.50. The van der Waals surface area contributed by atoms with Crippen molar-refractivity contribution in [3.8, 4) is 0 Å². The van der Waals surface area contributed by atoms with Crippen molar-refractivity contribution in [3.63, 3.8) is 0 Å². The fourth-order valence-corrected chi connectivity index (χ4v) is 4.19. The summed E-state index contributed by atoms with van der Waals surface area (Å²) in [6.45, 7) is 2.12. The van der Waals surface area contributed by atoms with Gasteiger partial charge in [0.25, 0.3) is 0 Å². The number of nitrogens with one attached hydrogen (secondary N) is 1. The second-order valence-electron chi connectivity index (χ2n) is 7.07. The molecule has 3 aliphatic rings. The zero-order valence-corrected chi connectivity index (χ0v) is 12.1. The molecule has 1 saturated carbocycles. The molecule has 2 amide bonds. The van der Waals surface area contributed by atoms with E-state index in [0.717, 1.165) is 38.5 Å². The zero-order chi connectivity index (χ0) is 14.3. The Balaban J connectivity index is 1.61. The molecule has 2 bridgehead atoms. The molecule has 0 aromatic carbocycles. The summed E-state index contributed by atoms with van der Waals surface area (Å²) in [5, 5.41) is 12.1. The highest BCUT2D eigenvalue weighted by molar-refractivity contribution is 5.76. The number of carboxylic acid groups (broad SMARTS) is 1. The van der Waals surface area contributed by atoms with Gasteiger partial charge in [0.15, 0.2) is 0 Å². The normalized spacial score (nSPS) is 34.5. The number of hydrogen-bond donors (Lipinski definition) is 2. The molecule has 3 rings (SSSR count). The number of nitrogens with zero attached hydrogens (tertiary/aromatic N) is 1. The Morgan fingerprint density at radius 1 is 1.25 bits per heavy atom. The molecule has 1 aliphatic carbocycles. The molecular weight excluding hydrogens is 256 g/mol. The average Bonchev–Trinajstić information content (AvgIpc) is 2.59. The van der Waals surface area contributed by atoms with Gasteiger partial charge in [0.1, 0.15) is 0 Å². The fourth-order valence-electron chi connectivity index (χ4n) is 4.19. The van der Waals surface area contributed by atoms with Crippen molar-refractivity contribution in [2.75, 3.05) is 0 Å². The van der Waals surface area contributed by atoms with Crippen LogP contribution >= 0.6 is 0 Å². The predicted octanol–water partition coefficient (Wildman–Crippen LogP) is 2.36. The van der Waals surface area contributed by atoms with Gasteiger partial charge in [-0.15, -0.1) is 0 Å². The highest BCUT2D eigenvalue weighted by Gasteiger charge is 2.45. The molecule has 0 aromatic rings. The van der Waals surface area contributed by atoms with E-state index >= 15 is 0 Å². The van der Waals surface area contributed by atoms with Gasteiger partial charge in [0.2, 0.25) is 0 Å². The van der Waals surface area contributed by atoms with Gasteiger partial charge in [-0.2, -0.15) is 0 Å². The Bertz CT molecular complexity index is 405. The summed E-state index contributed by atoms with van der Waals surface area (Å²) in [4.78, 5) is 25.4. The number of aliphatic carboxylic acids is 1. The first-order chi connectivity index (χ1) is 9.47. The first-order valence-electron chi connectivity index (χ1n) is 7.79. The SMILES string of the molecule is CC1(NC(=O)N2C3CCC2CC(CC(=O)O)C3)CCC1. The highest BCUT2D eigenvalue weighted by Crippen LogP contribution is 2.40. The standard InChI is InChI=1S/C15H24N2O3/c1-15(5-2-6-15)16-14(20)17-11-3-4-12(17)8-10(7-11)9-13(18)19/h10-12H,2-9H2,1H3,(H,16,20)(H,18,19). The first-order valence-corrected chi connectivity index (χ1v) is 7.79. The van der Waals surface area contributed by atoms with E-state index in [1.807, 2.05) is 4.90 Å². The van der Waals surface area contributed by atoms with Crippen LogP contribution in [0.4, 0.5) is 4.79 Å². The van der Waals surface area contributed by atoms with Gasteiger partial charge >= 0.3 is 12.0 Å². The largest absolute Gasteiger partial charge is 0.481 e. The minimum Gasteiger partial charge on any atom is -0.481 e. The van der Waals surface area contributed by atoms with Crippen LogP contribution in [-0.4, -0.2) is 39.6 Å². The smallest absolute Gasteiger partial charge is 0.318 e. The van der Waals surface area contributed by atoms with Gasteiger partial charge in [0.05, 0.1) is 0 Å². The van der Waals surface area contributed by atoms with Crippen LogP contribution in [0.2, 0.25) is 0 Å². The van der Waals surface area contributed by atoms with Crippen LogP contribution in [0.3, 0.4) is 0 Å². The Kier molecular flexibility index (Phi) is 3.38. The summed E-state index contributed by atoms with van der Waals surface area (Å²) < 4.78 is 0. The summed E-state index contributed by atoms with van der Waals surface area (Å²) >= 11 is 0. The van der Waals surface area contributed by atoms with Crippen molar-refractivity contribution in [1.29, 1.82) is 0 Å². The fraction of sp³-hybridized carbons (Fsp3) is 0.867. The number of amides is 2.